The maximum Gasteiger partial charge on any atom is 0.181 e. The SMILES string of the molecule is CS(=O)(=O)c1c(F)cc(CC2(N)CC2)c(F)c1F. The van der Waals surface area contributed by atoms with Crippen molar-refractivity contribution in [3.8, 4) is 0 Å². The van der Waals surface area contributed by atoms with Gasteiger partial charge in [0, 0.05) is 11.8 Å². The highest BCUT2D eigenvalue weighted by atomic mass is 32.2. The van der Waals surface area contributed by atoms with Crippen LogP contribution in [0.25, 0.3) is 0 Å². The van der Waals surface area contributed by atoms with E-state index in [0.717, 1.165) is 0 Å². The molecule has 2 N–H and O–H groups in total. The lowest BCUT2D eigenvalue weighted by atomic mass is 10.0. The molecule has 1 saturated carbocycles. The zero-order chi connectivity index (χ0) is 13.7. The first-order valence-corrected chi connectivity index (χ1v) is 7.18. The van der Waals surface area contributed by atoms with Crippen LogP contribution in [0.5, 0.6) is 0 Å². The van der Waals surface area contributed by atoms with E-state index in [-0.39, 0.29) is 12.0 Å². The van der Waals surface area contributed by atoms with E-state index in [1.165, 1.54) is 0 Å². The average Bonchev–Trinajstić information content (AvgIpc) is 2.90. The van der Waals surface area contributed by atoms with Crippen molar-refractivity contribution in [2.24, 2.45) is 5.73 Å². The van der Waals surface area contributed by atoms with Crippen LogP contribution in [-0.4, -0.2) is 20.2 Å². The molecule has 18 heavy (non-hydrogen) atoms. The number of halogens is 3. The Bertz CT molecular complexity index is 609. The van der Waals surface area contributed by atoms with Crippen LogP contribution >= 0.6 is 0 Å². The molecule has 0 unspecified atom stereocenters. The second-order valence-electron chi connectivity index (χ2n) is 4.79. The Kier molecular flexibility index (Phi) is 2.94. The van der Waals surface area contributed by atoms with E-state index in [1.54, 1.807) is 0 Å². The third-order valence-electron chi connectivity index (χ3n) is 3.00. The van der Waals surface area contributed by atoms with E-state index in [0.29, 0.717) is 25.2 Å². The molecule has 100 valence electrons. The van der Waals surface area contributed by atoms with Gasteiger partial charge in [-0.05, 0) is 30.9 Å². The van der Waals surface area contributed by atoms with E-state index in [2.05, 4.69) is 0 Å². The first-order valence-electron chi connectivity index (χ1n) is 5.29. The molecular formula is C11H12F3NO2S. The molecule has 1 fully saturated rings. The number of hydrogen-bond donors (Lipinski definition) is 1. The standard InChI is InChI=1S/C11H12F3NO2S/c1-18(16,17)10-7(12)4-6(8(13)9(10)14)5-11(15)2-3-11/h4H,2-3,5,15H2,1H3. The van der Waals surface area contributed by atoms with Crippen molar-refractivity contribution in [3.05, 3.63) is 29.1 Å². The molecule has 0 aliphatic heterocycles. The Hall–Kier alpha value is -1.08. The summed E-state index contributed by atoms with van der Waals surface area (Å²) in [4.78, 5) is -1.23. The van der Waals surface area contributed by atoms with E-state index >= 15 is 0 Å². The number of rotatable bonds is 3. The van der Waals surface area contributed by atoms with Gasteiger partial charge in [0.15, 0.2) is 21.5 Å². The number of sulfone groups is 1. The highest BCUT2D eigenvalue weighted by Gasteiger charge is 2.39. The van der Waals surface area contributed by atoms with Gasteiger partial charge in [0.2, 0.25) is 0 Å². The summed E-state index contributed by atoms with van der Waals surface area (Å²) in [6, 6.07) is 0.710. The molecule has 1 aromatic carbocycles. The number of nitrogens with two attached hydrogens (primary N) is 1. The Morgan fingerprint density at radius 3 is 2.28 bits per heavy atom. The van der Waals surface area contributed by atoms with Gasteiger partial charge in [-0.3, -0.25) is 0 Å². The fourth-order valence-corrected chi connectivity index (χ4v) is 2.64. The maximum atomic E-state index is 13.7. The van der Waals surface area contributed by atoms with Crippen molar-refractivity contribution in [3.63, 3.8) is 0 Å². The molecule has 0 aromatic heterocycles. The minimum atomic E-state index is -4.15. The monoisotopic (exact) mass is 279 g/mol. The average molecular weight is 279 g/mol. The molecule has 2 rings (SSSR count). The van der Waals surface area contributed by atoms with Crippen LogP contribution in [-0.2, 0) is 16.3 Å². The van der Waals surface area contributed by atoms with E-state index < -0.39 is 37.7 Å². The fourth-order valence-electron chi connectivity index (χ4n) is 1.81. The van der Waals surface area contributed by atoms with Gasteiger partial charge in [-0.25, -0.2) is 21.6 Å². The molecule has 0 amide bonds. The number of hydrogen-bond acceptors (Lipinski definition) is 3. The molecule has 1 aliphatic carbocycles. The molecule has 7 heteroatoms. The van der Waals surface area contributed by atoms with Crippen molar-refractivity contribution in [2.45, 2.75) is 29.7 Å². The summed E-state index contributed by atoms with van der Waals surface area (Å²) in [7, 11) is -4.15. The van der Waals surface area contributed by atoms with Crippen molar-refractivity contribution < 1.29 is 21.6 Å². The molecule has 0 spiro atoms. The Morgan fingerprint density at radius 1 is 1.28 bits per heavy atom. The highest BCUT2D eigenvalue weighted by molar-refractivity contribution is 7.90. The molecule has 0 bridgehead atoms. The summed E-state index contributed by atoms with van der Waals surface area (Å²) in [5.74, 6) is -4.29. The molecule has 1 aliphatic rings. The zero-order valence-electron chi connectivity index (χ0n) is 9.63. The predicted octanol–water partition coefficient (Wildman–Crippen LogP) is 1.54. The van der Waals surface area contributed by atoms with Gasteiger partial charge in [0.1, 0.15) is 10.7 Å². The fraction of sp³-hybridized carbons (Fsp3) is 0.455. The minimum Gasteiger partial charge on any atom is -0.325 e. The third kappa shape index (κ3) is 2.37. The molecule has 0 saturated heterocycles. The van der Waals surface area contributed by atoms with Gasteiger partial charge in [0.05, 0.1) is 0 Å². The van der Waals surface area contributed by atoms with Gasteiger partial charge in [-0.15, -0.1) is 0 Å². The van der Waals surface area contributed by atoms with E-state index in [9.17, 15) is 21.6 Å². The summed E-state index contributed by atoms with van der Waals surface area (Å²) >= 11 is 0. The molecule has 1 aromatic rings. The van der Waals surface area contributed by atoms with Gasteiger partial charge < -0.3 is 5.73 Å². The first-order chi connectivity index (χ1) is 8.14. The Labute approximate surface area is 103 Å². The summed E-state index contributed by atoms with van der Waals surface area (Å²) in [5.41, 5.74) is 4.90. The Morgan fingerprint density at radius 2 is 1.83 bits per heavy atom. The minimum absolute atomic E-state index is 0.00326. The molecule has 0 atom stereocenters. The largest absolute Gasteiger partial charge is 0.325 e. The van der Waals surface area contributed by atoms with Gasteiger partial charge in [-0.2, -0.15) is 0 Å². The molecule has 0 heterocycles. The quantitative estimate of drug-likeness (QED) is 0.854. The van der Waals surface area contributed by atoms with Crippen LogP contribution in [0.2, 0.25) is 0 Å². The molecule has 0 radical (unpaired) electrons. The normalized spacial score (nSPS) is 17.8. The zero-order valence-corrected chi connectivity index (χ0v) is 10.5. The van der Waals surface area contributed by atoms with Crippen molar-refractivity contribution in [2.75, 3.05) is 6.26 Å². The van der Waals surface area contributed by atoms with Crippen LogP contribution in [0.3, 0.4) is 0 Å². The first kappa shape index (κ1) is 13.4. The topological polar surface area (TPSA) is 60.2 Å². The third-order valence-corrected chi connectivity index (χ3v) is 4.11. The van der Waals surface area contributed by atoms with Crippen LogP contribution in [0, 0.1) is 17.5 Å². The summed E-state index contributed by atoms with van der Waals surface area (Å²) < 4.78 is 63.1. The second kappa shape index (κ2) is 3.96. The van der Waals surface area contributed by atoms with Gasteiger partial charge in [-0.1, -0.05) is 0 Å². The second-order valence-corrected chi connectivity index (χ2v) is 6.74. The Balaban J connectivity index is 2.54. The lowest BCUT2D eigenvalue weighted by Gasteiger charge is -2.12. The predicted molar refractivity (Wildman–Crippen MR) is 59.3 cm³/mol. The summed E-state index contributed by atoms with van der Waals surface area (Å²) in [5, 5.41) is 0. The van der Waals surface area contributed by atoms with Crippen molar-refractivity contribution in [1.29, 1.82) is 0 Å². The van der Waals surface area contributed by atoms with E-state index in [4.69, 9.17) is 5.73 Å². The smallest absolute Gasteiger partial charge is 0.181 e. The maximum absolute atomic E-state index is 13.7. The molecule has 3 nitrogen and oxygen atoms in total. The lowest BCUT2D eigenvalue weighted by Crippen LogP contribution is -2.25. The summed E-state index contributed by atoms with van der Waals surface area (Å²) in [6.45, 7) is 0. The van der Waals surface area contributed by atoms with E-state index in [1.807, 2.05) is 0 Å². The molecular weight excluding hydrogens is 267 g/mol. The highest BCUT2D eigenvalue weighted by Crippen LogP contribution is 2.37. The van der Waals surface area contributed by atoms with Crippen LogP contribution in [0.1, 0.15) is 18.4 Å². The van der Waals surface area contributed by atoms with Crippen LogP contribution in [0.4, 0.5) is 13.2 Å². The number of benzene rings is 1. The van der Waals surface area contributed by atoms with Crippen LogP contribution in [0.15, 0.2) is 11.0 Å². The summed E-state index contributed by atoms with van der Waals surface area (Å²) in [6.07, 6.45) is 1.93. The van der Waals surface area contributed by atoms with Crippen LogP contribution < -0.4 is 5.73 Å². The van der Waals surface area contributed by atoms with Gasteiger partial charge in [0.25, 0.3) is 0 Å². The van der Waals surface area contributed by atoms with Gasteiger partial charge >= 0.3 is 0 Å². The lowest BCUT2D eigenvalue weighted by molar-refractivity contribution is 0.447. The van der Waals surface area contributed by atoms with Crippen molar-refractivity contribution in [1.82, 2.24) is 0 Å². The van der Waals surface area contributed by atoms with Crippen molar-refractivity contribution >= 4 is 9.84 Å².